The van der Waals surface area contributed by atoms with Gasteiger partial charge in [0.2, 0.25) is 0 Å². The van der Waals surface area contributed by atoms with Gasteiger partial charge in [0.1, 0.15) is 5.82 Å². The van der Waals surface area contributed by atoms with Crippen molar-refractivity contribution in [3.05, 3.63) is 47.7 Å². The van der Waals surface area contributed by atoms with Crippen LogP contribution in [0.5, 0.6) is 0 Å². The lowest BCUT2D eigenvalue weighted by atomic mass is 10.1. The Morgan fingerprint density at radius 1 is 1.33 bits per heavy atom. The number of aromatic nitrogens is 2. The van der Waals surface area contributed by atoms with E-state index >= 15 is 0 Å². The lowest BCUT2D eigenvalue weighted by Crippen LogP contribution is -2.20. The molecule has 0 fully saturated rings. The molecular formula is C16H18N4O. The molecule has 0 aliphatic heterocycles. The number of nitriles is 1. The van der Waals surface area contributed by atoms with E-state index in [1.165, 1.54) is 0 Å². The van der Waals surface area contributed by atoms with E-state index in [-0.39, 0.29) is 11.9 Å². The fourth-order valence-corrected chi connectivity index (χ4v) is 1.94. The number of rotatable bonds is 4. The molecule has 0 unspecified atom stereocenters. The average molecular weight is 282 g/mol. The predicted octanol–water partition coefficient (Wildman–Crippen LogP) is 3.22. The monoisotopic (exact) mass is 282 g/mol. The highest BCUT2D eigenvalue weighted by atomic mass is 16.1. The second-order valence-corrected chi connectivity index (χ2v) is 5.29. The minimum absolute atomic E-state index is 0.181. The molecule has 0 aliphatic carbocycles. The number of anilines is 1. The lowest BCUT2D eigenvalue weighted by Gasteiger charge is -2.19. The maximum absolute atomic E-state index is 12.3. The second-order valence-electron chi connectivity index (χ2n) is 5.29. The summed E-state index contributed by atoms with van der Waals surface area (Å²) in [5, 5.41) is 16.0. The summed E-state index contributed by atoms with van der Waals surface area (Å²) in [5.41, 5.74) is 0.922. The van der Waals surface area contributed by atoms with Crippen molar-refractivity contribution >= 4 is 11.7 Å². The highest BCUT2D eigenvalue weighted by molar-refractivity contribution is 6.04. The number of carbonyl (C=O) groups is 1. The molecule has 108 valence electrons. The topological polar surface area (TPSA) is 70.7 Å². The molecule has 0 spiro atoms. The van der Waals surface area contributed by atoms with Crippen LogP contribution < -0.4 is 5.32 Å². The molecule has 2 rings (SSSR count). The van der Waals surface area contributed by atoms with Crippen LogP contribution in [-0.4, -0.2) is 15.7 Å². The zero-order valence-electron chi connectivity index (χ0n) is 12.4. The Balaban J connectivity index is 2.21. The van der Waals surface area contributed by atoms with Crippen molar-refractivity contribution in [2.45, 2.75) is 26.8 Å². The first-order valence-corrected chi connectivity index (χ1v) is 6.88. The summed E-state index contributed by atoms with van der Waals surface area (Å²) in [6.45, 7) is 6.27. The molecular weight excluding hydrogens is 264 g/mol. The van der Waals surface area contributed by atoms with Crippen molar-refractivity contribution in [3.63, 3.8) is 0 Å². The van der Waals surface area contributed by atoms with Gasteiger partial charge in [-0.15, -0.1) is 0 Å². The maximum Gasteiger partial charge on any atom is 0.256 e. The summed E-state index contributed by atoms with van der Waals surface area (Å²) in [6, 6.07) is 10.6. The van der Waals surface area contributed by atoms with Gasteiger partial charge in [-0.1, -0.05) is 19.9 Å². The summed E-state index contributed by atoms with van der Waals surface area (Å²) in [4.78, 5) is 12.3. The van der Waals surface area contributed by atoms with E-state index in [2.05, 4.69) is 31.2 Å². The number of carbonyl (C=O) groups excluding carboxylic acids is 1. The minimum Gasteiger partial charge on any atom is -0.307 e. The lowest BCUT2D eigenvalue weighted by molar-refractivity contribution is 0.102. The number of nitrogens with zero attached hydrogens (tertiary/aromatic N) is 3. The molecule has 0 radical (unpaired) electrons. The summed E-state index contributed by atoms with van der Waals surface area (Å²) in [6.07, 6.45) is 1.67. The molecule has 0 saturated heterocycles. The van der Waals surface area contributed by atoms with Crippen LogP contribution in [-0.2, 0) is 0 Å². The highest BCUT2D eigenvalue weighted by Gasteiger charge is 2.16. The molecule has 0 aliphatic rings. The van der Waals surface area contributed by atoms with Gasteiger partial charge in [0.15, 0.2) is 0 Å². The second kappa shape index (κ2) is 6.23. The van der Waals surface area contributed by atoms with Crippen LogP contribution in [0.3, 0.4) is 0 Å². The summed E-state index contributed by atoms with van der Waals surface area (Å²) in [7, 11) is 0. The van der Waals surface area contributed by atoms with Crippen molar-refractivity contribution in [1.82, 2.24) is 9.78 Å². The van der Waals surface area contributed by atoms with Gasteiger partial charge in [0.25, 0.3) is 5.91 Å². The first kappa shape index (κ1) is 14.8. The molecule has 2 aromatic rings. The molecule has 5 nitrogen and oxygen atoms in total. The number of nitrogens with one attached hydrogen (secondary N) is 1. The Bertz CT molecular complexity index is 682. The number of amides is 1. The largest absolute Gasteiger partial charge is 0.307 e. The molecule has 1 aromatic heterocycles. The molecule has 0 bridgehead atoms. The molecule has 1 N–H and O–H groups in total. The third-order valence-corrected chi connectivity index (χ3v) is 3.52. The summed E-state index contributed by atoms with van der Waals surface area (Å²) >= 11 is 0. The van der Waals surface area contributed by atoms with Gasteiger partial charge < -0.3 is 5.32 Å². The molecule has 1 heterocycles. The quantitative estimate of drug-likeness (QED) is 0.935. The first-order valence-electron chi connectivity index (χ1n) is 6.88. The Morgan fingerprint density at radius 3 is 2.76 bits per heavy atom. The SMILES string of the molecule is CC(C)[C@H](C)n1nccc1NC(=O)c1cccc(C#N)c1. The van der Waals surface area contributed by atoms with Crippen LogP contribution in [0.1, 0.15) is 42.7 Å². The van der Waals surface area contributed by atoms with Crippen molar-refractivity contribution in [2.75, 3.05) is 5.32 Å². The zero-order chi connectivity index (χ0) is 15.4. The Kier molecular flexibility index (Phi) is 4.39. The van der Waals surface area contributed by atoms with Crippen molar-refractivity contribution in [3.8, 4) is 6.07 Å². The van der Waals surface area contributed by atoms with Gasteiger partial charge in [0, 0.05) is 11.6 Å². The smallest absolute Gasteiger partial charge is 0.256 e. The van der Waals surface area contributed by atoms with Crippen LogP contribution in [0.4, 0.5) is 5.82 Å². The van der Waals surface area contributed by atoms with Crippen LogP contribution >= 0.6 is 0 Å². The number of hydrogen-bond donors (Lipinski definition) is 1. The normalized spacial score (nSPS) is 12.0. The van der Waals surface area contributed by atoms with E-state index in [1.807, 2.05) is 6.07 Å². The number of hydrogen-bond acceptors (Lipinski definition) is 3. The Hall–Kier alpha value is -2.61. The van der Waals surface area contributed by atoms with Gasteiger partial charge in [-0.2, -0.15) is 10.4 Å². The van der Waals surface area contributed by atoms with Gasteiger partial charge in [-0.3, -0.25) is 4.79 Å². The molecule has 1 amide bonds. The molecule has 1 atom stereocenters. The maximum atomic E-state index is 12.3. The molecule has 1 aromatic carbocycles. The average Bonchev–Trinajstić information content (AvgIpc) is 2.94. The minimum atomic E-state index is -0.246. The fourth-order valence-electron chi connectivity index (χ4n) is 1.94. The van der Waals surface area contributed by atoms with Crippen molar-refractivity contribution in [1.29, 1.82) is 5.26 Å². The highest BCUT2D eigenvalue weighted by Crippen LogP contribution is 2.21. The third kappa shape index (κ3) is 3.29. The molecule has 5 heteroatoms. The van der Waals surface area contributed by atoms with Crippen molar-refractivity contribution in [2.24, 2.45) is 5.92 Å². The predicted molar refractivity (Wildman–Crippen MR) is 80.9 cm³/mol. The number of benzene rings is 1. The van der Waals surface area contributed by atoms with Gasteiger partial charge in [0.05, 0.1) is 23.9 Å². The van der Waals surface area contributed by atoms with Crippen molar-refractivity contribution < 1.29 is 4.79 Å². The zero-order valence-corrected chi connectivity index (χ0v) is 12.4. The summed E-state index contributed by atoms with van der Waals surface area (Å²) < 4.78 is 1.80. The Labute approximate surface area is 124 Å². The van der Waals surface area contributed by atoms with E-state index in [0.29, 0.717) is 22.9 Å². The van der Waals surface area contributed by atoms with E-state index < -0.39 is 0 Å². The first-order chi connectivity index (χ1) is 10.0. The molecule has 21 heavy (non-hydrogen) atoms. The van der Waals surface area contributed by atoms with Gasteiger partial charge in [-0.25, -0.2) is 4.68 Å². The van der Waals surface area contributed by atoms with Crippen LogP contribution in [0.25, 0.3) is 0 Å². The van der Waals surface area contributed by atoms with Gasteiger partial charge in [-0.05, 0) is 31.0 Å². The standard InChI is InChI=1S/C16H18N4O/c1-11(2)12(3)20-15(7-8-18-20)19-16(21)14-6-4-5-13(9-14)10-17/h4-9,11-12H,1-3H3,(H,19,21)/t12-/m0/s1. The third-order valence-electron chi connectivity index (χ3n) is 3.52. The van der Waals surface area contributed by atoms with E-state index in [1.54, 1.807) is 41.2 Å². The summed E-state index contributed by atoms with van der Waals surface area (Å²) in [5.74, 6) is 0.816. The van der Waals surface area contributed by atoms with Crippen LogP contribution in [0, 0.1) is 17.2 Å². The van der Waals surface area contributed by atoms with E-state index in [0.717, 1.165) is 0 Å². The Morgan fingerprint density at radius 2 is 2.10 bits per heavy atom. The van der Waals surface area contributed by atoms with E-state index in [4.69, 9.17) is 5.26 Å². The van der Waals surface area contributed by atoms with Gasteiger partial charge >= 0.3 is 0 Å². The molecule has 0 saturated carbocycles. The van der Waals surface area contributed by atoms with Crippen LogP contribution in [0.2, 0.25) is 0 Å². The van der Waals surface area contributed by atoms with E-state index in [9.17, 15) is 4.79 Å². The van der Waals surface area contributed by atoms with Crippen LogP contribution in [0.15, 0.2) is 36.5 Å². The fraction of sp³-hybridized carbons (Fsp3) is 0.312.